The molecule has 0 saturated heterocycles. The largest absolute Gasteiger partial charge is 0.494 e. The van der Waals surface area contributed by atoms with Gasteiger partial charge in [-0.15, -0.1) is 0 Å². The van der Waals surface area contributed by atoms with E-state index in [4.69, 9.17) is 4.74 Å². The minimum Gasteiger partial charge on any atom is -0.494 e. The van der Waals surface area contributed by atoms with Gasteiger partial charge in [-0.2, -0.15) is 0 Å². The Hall–Kier alpha value is -0.830. The van der Waals surface area contributed by atoms with Crippen LogP contribution in [0.15, 0.2) is 29.3 Å². The first-order chi connectivity index (χ1) is 6.13. The van der Waals surface area contributed by atoms with Gasteiger partial charge < -0.3 is 4.74 Å². The zero-order valence-electron chi connectivity index (χ0n) is 7.31. The molecule has 0 unspecified atom stereocenters. The van der Waals surface area contributed by atoms with Crippen LogP contribution in [0.25, 0.3) is 0 Å². The van der Waals surface area contributed by atoms with E-state index in [-0.39, 0.29) is 11.6 Å². The normalized spacial score (nSPS) is 9.77. The Labute approximate surface area is 85.3 Å². The van der Waals surface area contributed by atoms with Gasteiger partial charge in [-0.3, -0.25) is 0 Å². The van der Waals surface area contributed by atoms with Crippen molar-refractivity contribution in [2.45, 2.75) is 6.42 Å². The molecule has 0 fully saturated rings. The minimum atomic E-state index is -0.339. The molecule has 0 saturated carbocycles. The molecule has 0 amide bonds. The Bertz CT molecular complexity index is 323. The lowest BCUT2D eigenvalue weighted by molar-refractivity contribution is 0.386. The topological polar surface area (TPSA) is 9.23 Å². The molecule has 0 aliphatic rings. The third kappa shape index (κ3) is 2.84. The molecule has 0 radical (unpaired) electrons. The van der Waals surface area contributed by atoms with Gasteiger partial charge in [-0.25, -0.2) is 4.39 Å². The van der Waals surface area contributed by atoms with E-state index in [0.717, 1.165) is 10.0 Å². The summed E-state index contributed by atoms with van der Waals surface area (Å²) in [6, 6.07) is 4.88. The van der Waals surface area contributed by atoms with Crippen LogP contribution < -0.4 is 4.74 Å². The fourth-order valence-corrected chi connectivity index (χ4v) is 1.37. The molecule has 0 aliphatic heterocycles. The molecule has 1 aromatic carbocycles. The van der Waals surface area contributed by atoms with Crippen LogP contribution in [0, 0.1) is 5.82 Å². The summed E-state index contributed by atoms with van der Waals surface area (Å²) in [6.07, 6.45) is 0.626. The lowest BCUT2D eigenvalue weighted by Crippen LogP contribution is -1.90. The molecule has 0 heterocycles. The van der Waals surface area contributed by atoms with Crippen molar-refractivity contribution in [2.75, 3.05) is 7.11 Å². The maximum Gasteiger partial charge on any atom is 0.165 e. The number of rotatable bonds is 3. The smallest absolute Gasteiger partial charge is 0.165 e. The van der Waals surface area contributed by atoms with Gasteiger partial charge in [-0.05, 0) is 22.2 Å². The predicted molar refractivity (Wildman–Crippen MR) is 54.7 cm³/mol. The molecule has 1 aromatic rings. The van der Waals surface area contributed by atoms with Gasteiger partial charge in [0, 0.05) is 6.42 Å². The van der Waals surface area contributed by atoms with E-state index in [0.29, 0.717) is 6.42 Å². The molecule has 1 nitrogen and oxygen atoms in total. The van der Waals surface area contributed by atoms with Crippen LogP contribution in [-0.2, 0) is 6.42 Å². The van der Waals surface area contributed by atoms with Crippen LogP contribution in [0.4, 0.5) is 4.39 Å². The number of halogens is 2. The van der Waals surface area contributed by atoms with Gasteiger partial charge in [0.05, 0.1) is 7.11 Å². The number of hydrogen-bond acceptors (Lipinski definition) is 1. The SMILES string of the molecule is C=C(Br)Cc1ccc(OC)c(F)c1. The fourth-order valence-electron chi connectivity index (χ4n) is 1.04. The van der Waals surface area contributed by atoms with Gasteiger partial charge in [0.1, 0.15) is 0 Å². The first-order valence-corrected chi connectivity index (χ1v) is 4.58. The molecular weight excluding hydrogens is 235 g/mol. The quantitative estimate of drug-likeness (QED) is 0.793. The van der Waals surface area contributed by atoms with E-state index in [2.05, 4.69) is 22.5 Å². The van der Waals surface area contributed by atoms with Crippen molar-refractivity contribution in [1.29, 1.82) is 0 Å². The minimum absolute atomic E-state index is 0.268. The van der Waals surface area contributed by atoms with Gasteiger partial charge in [0.25, 0.3) is 0 Å². The summed E-state index contributed by atoms with van der Waals surface area (Å²) < 4.78 is 18.8. The van der Waals surface area contributed by atoms with Crippen LogP contribution in [0.5, 0.6) is 5.75 Å². The molecule has 0 spiro atoms. The van der Waals surface area contributed by atoms with Crippen molar-refractivity contribution in [3.63, 3.8) is 0 Å². The molecular formula is C10H10BrFO. The molecule has 70 valence electrons. The highest BCUT2D eigenvalue weighted by Crippen LogP contribution is 2.20. The van der Waals surface area contributed by atoms with Gasteiger partial charge in [0.15, 0.2) is 11.6 Å². The van der Waals surface area contributed by atoms with E-state index < -0.39 is 0 Å². The Kier molecular flexibility index (Phi) is 3.48. The first-order valence-electron chi connectivity index (χ1n) is 3.79. The van der Waals surface area contributed by atoms with E-state index in [1.807, 2.05) is 6.07 Å². The highest BCUT2D eigenvalue weighted by atomic mass is 79.9. The lowest BCUT2D eigenvalue weighted by atomic mass is 10.1. The number of ether oxygens (including phenoxy) is 1. The van der Waals surface area contributed by atoms with Crippen LogP contribution >= 0.6 is 15.9 Å². The van der Waals surface area contributed by atoms with Crippen molar-refractivity contribution in [2.24, 2.45) is 0 Å². The second-order valence-corrected chi connectivity index (χ2v) is 3.78. The molecule has 0 aromatic heterocycles. The monoisotopic (exact) mass is 244 g/mol. The molecule has 0 bridgehead atoms. The second-order valence-electron chi connectivity index (χ2n) is 2.66. The molecule has 3 heteroatoms. The molecule has 0 N–H and O–H groups in total. The van der Waals surface area contributed by atoms with Crippen molar-refractivity contribution in [3.8, 4) is 5.75 Å². The number of benzene rings is 1. The van der Waals surface area contributed by atoms with Gasteiger partial charge in [-0.1, -0.05) is 28.6 Å². The van der Waals surface area contributed by atoms with E-state index in [1.165, 1.54) is 13.2 Å². The third-order valence-electron chi connectivity index (χ3n) is 1.61. The Morgan fingerprint density at radius 2 is 2.31 bits per heavy atom. The Morgan fingerprint density at radius 3 is 2.77 bits per heavy atom. The average Bonchev–Trinajstić information content (AvgIpc) is 2.03. The molecule has 0 aliphatic carbocycles. The van der Waals surface area contributed by atoms with Gasteiger partial charge in [0.2, 0.25) is 0 Å². The van der Waals surface area contributed by atoms with Crippen molar-refractivity contribution >= 4 is 15.9 Å². The van der Waals surface area contributed by atoms with Crippen molar-refractivity contribution in [3.05, 3.63) is 40.6 Å². The van der Waals surface area contributed by atoms with Crippen molar-refractivity contribution in [1.82, 2.24) is 0 Å². The highest BCUT2D eigenvalue weighted by Gasteiger charge is 2.03. The summed E-state index contributed by atoms with van der Waals surface area (Å²) in [7, 11) is 1.45. The van der Waals surface area contributed by atoms with E-state index in [1.54, 1.807) is 6.07 Å². The Morgan fingerprint density at radius 1 is 1.62 bits per heavy atom. The van der Waals surface area contributed by atoms with Crippen LogP contribution in [0.1, 0.15) is 5.56 Å². The number of allylic oxidation sites excluding steroid dienone is 1. The summed E-state index contributed by atoms with van der Waals surface area (Å²) in [5.41, 5.74) is 0.875. The highest BCUT2D eigenvalue weighted by molar-refractivity contribution is 9.11. The summed E-state index contributed by atoms with van der Waals surface area (Å²) >= 11 is 3.22. The second kappa shape index (κ2) is 4.42. The lowest BCUT2D eigenvalue weighted by Gasteiger charge is -2.03. The summed E-state index contributed by atoms with van der Waals surface area (Å²) in [5.74, 6) is -0.0716. The summed E-state index contributed by atoms with van der Waals surface area (Å²) in [5, 5.41) is 0. The fraction of sp³-hybridized carbons (Fsp3) is 0.200. The summed E-state index contributed by atoms with van der Waals surface area (Å²) in [4.78, 5) is 0. The molecule has 0 atom stereocenters. The zero-order valence-corrected chi connectivity index (χ0v) is 8.90. The van der Waals surface area contributed by atoms with Crippen LogP contribution in [-0.4, -0.2) is 7.11 Å². The summed E-state index contributed by atoms with van der Waals surface area (Å²) in [6.45, 7) is 3.69. The van der Waals surface area contributed by atoms with E-state index in [9.17, 15) is 4.39 Å². The number of methoxy groups -OCH3 is 1. The van der Waals surface area contributed by atoms with Crippen LogP contribution in [0.2, 0.25) is 0 Å². The standard InChI is InChI=1S/C10H10BrFO/c1-7(11)5-8-3-4-10(13-2)9(12)6-8/h3-4,6H,1,5H2,2H3. The number of hydrogen-bond donors (Lipinski definition) is 0. The van der Waals surface area contributed by atoms with Gasteiger partial charge >= 0.3 is 0 Å². The molecule has 1 rings (SSSR count). The maximum atomic E-state index is 13.1. The van der Waals surface area contributed by atoms with Crippen molar-refractivity contribution < 1.29 is 9.13 Å². The predicted octanol–water partition coefficient (Wildman–Crippen LogP) is 3.29. The first kappa shape index (κ1) is 10.3. The van der Waals surface area contributed by atoms with Crippen LogP contribution in [0.3, 0.4) is 0 Å². The Balaban J connectivity index is 2.89. The van der Waals surface area contributed by atoms with E-state index >= 15 is 0 Å². The third-order valence-corrected chi connectivity index (χ3v) is 1.89. The maximum absolute atomic E-state index is 13.1. The zero-order chi connectivity index (χ0) is 9.84. The molecule has 13 heavy (non-hydrogen) atoms. The average molecular weight is 245 g/mol.